The molecule has 0 spiro atoms. The maximum atomic E-state index is 12.8. The average molecular weight is 331 g/mol. The fourth-order valence-corrected chi connectivity index (χ4v) is 2.39. The minimum atomic E-state index is -0.221. The molecule has 0 saturated carbocycles. The number of hydrogen-bond acceptors (Lipinski definition) is 3. The molecule has 1 N–H and O–H groups in total. The van der Waals surface area contributed by atoms with Crippen molar-refractivity contribution >= 4 is 5.91 Å². The molecule has 2 aromatic rings. The number of carbonyl (C=O) groups excluding carboxylic acids is 1. The summed E-state index contributed by atoms with van der Waals surface area (Å²) in [5, 5.41) is 2.89. The van der Waals surface area contributed by atoms with Gasteiger partial charge in [-0.2, -0.15) is 0 Å². The summed E-state index contributed by atoms with van der Waals surface area (Å²) in [4.78, 5) is 12.1. The van der Waals surface area contributed by atoms with Gasteiger partial charge >= 0.3 is 0 Å². The minimum Gasteiger partial charge on any atom is -0.493 e. The molecule has 5 heteroatoms. The van der Waals surface area contributed by atoms with Crippen LogP contribution in [0.5, 0.6) is 11.5 Å². The first-order valence-electron chi connectivity index (χ1n) is 7.88. The molecule has 0 radical (unpaired) electrons. The topological polar surface area (TPSA) is 47.6 Å². The number of carbonyl (C=O) groups is 1. The Morgan fingerprint density at radius 2 is 1.71 bits per heavy atom. The van der Waals surface area contributed by atoms with Crippen LogP contribution in [0.1, 0.15) is 28.8 Å². The number of methoxy groups -OCH3 is 2. The first-order chi connectivity index (χ1) is 11.6. The highest BCUT2D eigenvalue weighted by Crippen LogP contribution is 2.27. The number of aryl methyl sites for hydroxylation is 1. The van der Waals surface area contributed by atoms with E-state index in [1.165, 1.54) is 19.2 Å². The maximum Gasteiger partial charge on any atom is 0.251 e. The van der Waals surface area contributed by atoms with Crippen LogP contribution in [0.15, 0.2) is 42.5 Å². The second-order valence-corrected chi connectivity index (χ2v) is 5.41. The van der Waals surface area contributed by atoms with E-state index in [2.05, 4.69) is 5.32 Å². The van der Waals surface area contributed by atoms with Crippen molar-refractivity contribution in [3.8, 4) is 11.5 Å². The van der Waals surface area contributed by atoms with Gasteiger partial charge in [0.15, 0.2) is 11.5 Å². The second kappa shape index (κ2) is 8.91. The van der Waals surface area contributed by atoms with Crippen LogP contribution < -0.4 is 14.8 Å². The van der Waals surface area contributed by atoms with E-state index in [-0.39, 0.29) is 11.7 Å². The predicted octanol–water partition coefficient (Wildman–Crippen LogP) is 3.60. The van der Waals surface area contributed by atoms with Gasteiger partial charge in [-0.25, -0.2) is 4.39 Å². The fraction of sp³-hybridized carbons (Fsp3) is 0.316. The molecule has 2 aromatic carbocycles. The van der Waals surface area contributed by atoms with Gasteiger partial charge in [0.05, 0.1) is 14.2 Å². The van der Waals surface area contributed by atoms with Crippen molar-refractivity contribution < 1.29 is 18.7 Å². The molecule has 0 fully saturated rings. The molecule has 4 nitrogen and oxygen atoms in total. The van der Waals surface area contributed by atoms with Crippen LogP contribution in [0.3, 0.4) is 0 Å². The number of amides is 1. The first-order valence-corrected chi connectivity index (χ1v) is 7.88. The summed E-state index contributed by atoms with van der Waals surface area (Å²) in [6, 6.07) is 11.6. The Morgan fingerprint density at radius 3 is 2.38 bits per heavy atom. The zero-order valence-corrected chi connectivity index (χ0v) is 14.0. The van der Waals surface area contributed by atoms with Gasteiger partial charge < -0.3 is 14.8 Å². The molecule has 0 unspecified atom stereocenters. The number of unbranched alkanes of at least 4 members (excludes halogenated alkanes) is 1. The summed E-state index contributed by atoms with van der Waals surface area (Å²) in [7, 11) is 3.09. The van der Waals surface area contributed by atoms with Crippen molar-refractivity contribution in [3.63, 3.8) is 0 Å². The van der Waals surface area contributed by atoms with E-state index in [4.69, 9.17) is 9.47 Å². The van der Waals surface area contributed by atoms with Crippen LogP contribution in [-0.2, 0) is 6.42 Å². The van der Waals surface area contributed by atoms with Crippen LogP contribution in [0.25, 0.3) is 0 Å². The van der Waals surface area contributed by atoms with E-state index < -0.39 is 0 Å². The molecule has 0 aliphatic carbocycles. The normalized spacial score (nSPS) is 10.3. The lowest BCUT2D eigenvalue weighted by Crippen LogP contribution is -2.24. The van der Waals surface area contributed by atoms with Gasteiger partial charge in [-0.15, -0.1) is 0 Å². The van der Waals surface area contributed by atoms with Crippen LogP contribution >= 0.6 is 0 Å². The van der Waals surface area contributed by atoms with Crippen molar-refractivity contribution in [2.24, 2.45) is 0 Å². The molecule has 0 saturated heterocycles. The summed E-state index contributed by atoms with van der Waals surface area (Å²) in [5.74, 6) is 0.758. The van der Waals surface area contributed by atoms with Crippen molar-refractivity contribution in [2.75, 3.05) is 20.8 Å². The first kappa shape index (κ1) is 17.8. The monoisotopic (exact) mass is 331 g/mol. The number of rotatable bonds is 8. The molecule has 0 atom stereocenters. The van der Waals surface area contributed by atoms with E-state index in [1.54, 1.807) is 37.4 Å². The van der Waals surface area contributed by atoms with Crippen molar-refractivity contribution in [1.29, 1.82) is 0 Å². The Balaban J connectivity index is 1.76. The smallest absolute Gasteiger partial charge is 0.251 e. The van der Waals surface area contributed by atoms with E-state index in [0.29, 0.717) is 23.6 Å². The molecule has 1 amide bonds. The standard InChI is InChI=1S/C19H22FNO3/c1-23-17-11-8-15(13-18(17)24-2)19(22)21-12-4-3-5-14-6-9-16(20)10-7-14/h6-11,13H,3-5,12H2,1-2H3,(H,21,22). The lowest BCUT2D eigenvalue weighted by atomic mass is 10.1. The Kier molecular flexibility index (Phi) is 6.61. The molecule has 0 bridgehead atoms. The lowest BCUT2D eigenvalue weighted by molar-refractivity contribution is 0.0952. The van der Waals surface area contributed by atoms with Gasteiger partial charge in [0, 0.05) is 12.1 Å². The molecule has 2 rings (SSSR count). The summed E-state index contributed by atoms with van der Waals surface area (Å²) < 4.78 is 23.2. The molecular weight excluding hydrogens is 309 g/mol. The van der Waals surface area contributed by atoms with Gasteiger partial charge in [0.1, 0.15) is 5.82 Å². The van der Waals surface area contributed by atoms with Gasteiger partial charge in [-0.05, 0) is 55.2 Å². The fourth-order valence-electron chi connectivity index (χ4n) is 2.39. The molecule has 0 aliphatic rings. The van der Waals surface area contributed by atoms with Gasteiger partial charge in [-0.3, -0.25) is 4.79 Å². The third-order valence-corrected chi connectivity index (χ3v) is 3.74. The van der Waals surface area contributed by atoms with Crippen LogP contribution in [0, 0.1) is 5.82 Å². The number of ether oxygens (including phenoxy) is 2. The zero-order valence-electron chi connectivity index (χ0n) is 14.0. The highest BCUT2D eigenvalue weighted by atomic mass is 19.1. The summed E-state index contributed by atoms with van der Waals surface area (Å²) in [5.41, 5.74) is 1.63. The highest BCUT2D eigenvalue weighted by Gasteiger charge is 2.10. The Morgan fingerprint density at radius 1 is 1.00 bits per heavy atom. The Labute approximate surface area is 141 Å². The van der Waals surface area contributed by atoms with E-state index in [0.717, 1.165) is 24.8 Å². The molecule has 128 valence electrons. The third kappa shape index (κ3) is 4.98. The molecule has 24 heavy (non-hydrogen) atoms. The number of halogens is 1. The molecule has 0 heterocycles. The van der Waals surface area contributed by atoms with Gasteiger partial charge in [0.2, 0.25) is 0 Å². The maximum absolute atomic E-state index is 12.8. The van der Waals surface area contributed by atoms with Crippen molar-refractivity contribution in [3.05, 3.63) is 59.4 Å². The lowest BCUT2D eigenvalue weighted by Gasteiger charge is -2.10. The SMILES string of the molecule is COc1ccc(C(=O)NCCCCc2ccc(F)cc2)cc1OC. The quantitative estimate of drug-likeness (QED) is 0.752. The Hall–Kier alpha value is -2.56. The van der Waals surface area contributed by atoms with Gasteiger partial charge in [0.25, 0.3) is 5.91 Å². The van der Waals surface area contributed by atoms with Gasteiger partial charge in [-0.1, -0.05) is 12.1 Å². The largest absolute Gasteiger partial charge is 0.493 e. The van der Waals surface area contributed by atoms with Crippen molar-refractivity contribution in [1.82, 2.24) is 5.32 Å². The summed E-state index contributed by atoms with van der Waals surface area (Å²) in [6.45, 7) is 0.592. The summed E-state index contributed by atoms with van der Waals surface area (Å²) in [6.07, 6.45) is 2.65. The summed E-state index contributed by atoms with van der Waals surface area (Å²) >= 11 is 0. The van der Waals surface area contributed by atoms with Crippen LogP contribution in [-0.4, -0.2) is 26.7 Å². The predicted molar refractivity (Wildman–Crippen MR) is 91.2 cm³/mol. The van der Waals surface area contributed by atoms with E-state index in [1.807, 2.05) is 0 Å². The highest BCUT2D eigenvalue weighted by molar-refractivity contribution is 5.94. The molecule has 0 aliphatic heterocycles. The van der Waals surface area contributed by atoms with Crippen LogP contribution in [0.4, 0.5) is 4.39 Å². The molecular formula is C19H22FNO3. The zero-order chi connectivity index (χ0) is 17.4. The van der Waals surface area contributed by atoms with Crippen LogP contribution in [0.2, 0.25) is 0 Å². The minimum absolute atomic E-state index is 0.141. The Bertz CT molecular complexity index is 671. The van der Waals surface area contributed by atoms with E-state index in [9.17, 15) is 9.18 Å². The number of nitrogens with one attached hydrogen (secondary N) is 1. The molecule has 0 aromatic heterocycles. The van der Waals surface area contributed by atoms with Crippen molar-refractivity contribution in [2.45, 2.75) is 19.3 Å². The number of benzene rings is 2. The third-order valence-electron chi connectivity index (χ3n) is 3.74. The second-order valence-electron chi connectivity index (χ2n) is 5.41. The average Bonchev–Trinajstić information content (AvgIpc) is 2.62. The number of hydrogen-bond donors (Lipinski definition) is 1. The van der Waals surface area contributed by atoms with E-state index >= 15 is 0 Å².